The summed E-state index contributed by atoms with van der Waals surface area (Å²) in [5, 5.41) is 2.95. The maximum atomic E-state index is 12.3. The summed E-state index contributed by atoms with van der Waals surface area (Å²) in [5.74, 6) is 1.29. The van der Waals surface area contributed by atoms with E-state index in [-0.39, 0.29) is 11.9 Å². The van der Waals surface area contributed by atoms with Crippen LogP contribution in [-0.4, -0.2) is 19.1 Å². The van der Waals surface area contributed by atoms with Crippen LogP contribution in [0.15, 0.2) is 53.0 Å². The summed E-state index contributed by atoms with van der Waals surface area (Å²) in [6.07, 6.45) is -0.572. The van der Waals surface area contributed by atoms with Gasteiger partial charge in [-0.25, -0.2) is 0 Å². The first kappa shape index (κ1) is 17.3. The molecule has 1 amide bonds. The molecule has 0 radical (unpaired) electrons. The lowest BCUT2D eigenvalue weighted by molar-refractivity contribution is -0.127. The molecular weight excluding hydrogens is 358 g/mol. The van der Waals surface area contributed by atoms with Crippen molar-refractivity contribution in [3.8, 4) is 11.5 Å². The number of amides is 1. The SMILES string of the molecule is COc1ccc([C@@H](C)NC(=O)[C@@H](C)Oc2ccc(Br)cc2)cc1. The fourth-order valence-corrected chi connectivity index (χ4v) is 2.34. The van der Waals surface area contributed by atoms with Gasteiger partial charge in [0.25, 0.3) is 5.91 Å². The summed E-state index contributed by atoms with van der Waals surface area (Å²) in [5.41, 5.74) is 1.01. The Morgan fingerprint density at radius 2 is 1.57 bits per heavy atom. The first-order valence-corrected chi connectivity index (χ1v) is 8.15. The Kier molecular flexibility index (Phi) is 6.04. The lowest BCUT2D eigenvalue weighted by Crippen LogP contribution is -2.37. The minimum atomic E-state index is -0.572. The molecule has 122 valence electrons. The molecule has 0 saturated heterocycles. The molecule has 0 aliphatic rings. The normalized spacial score (nSPS) is 13.0. The molecule has 0 unspecified atom stereocenters. The van der Waals surface area contributed by atoms with Gasteiger partial charge in [0.15, 0.2) is 6.10 Å². The van der Waals surface area contributed by atoms with E-state index in [1.54, 1.807) is 14.0 Å². The topological polar surface area (TPSA) is 47.6 Å². The molecule has 0 bridgehead atoms. The molecule has 1 N–H and O–H groups in total. The number of rotatable bonds is 6. The third-order valence-corrected chi connectivity index (χ3v) is 4.00. The molecule has 0 saturated carbocycles. The quantitative estimate of drug-likeness (QED) is 0.823. The number of nitrogens with one attached hydrogen (secondary N) is 1. The highest BCUT2D eigenvalue weighted by molar-refractivity contribution is 9.10. The van der Waals surface area contributed by atoms with Crippen LogP contribution in [0.4, 0.5) is 0 Å². The minimum Gasteiger partial charge on any atom is -0.497 e. The summed E-state index contributed by atoms with van der Waals surface area (Å²) in [4.78, 5) is 12.3. The zero-order chi connectivity index (χ0) is 16.8. The van der Waals surface area contributed by atoms with Crippen molar-refractivity contribution in [1.82, 2.24) is 5.32 Å². The second-order valence-corrected chi connectivity index (χ2v) is 6.13. The Morgan fingerprint density at radius 1 is 1.00 bits per heavy atom. The predicted molar refractivity (Wildman–Crippen MR) is 93.8 cm³/mol. The van der Waals surface area contributed by atoms with Gasteiger partial charge in [-0.3, -0.25) is 4.79 Å². The monoisotopic (exact) mass is 377 g/mol. The lowest BCUT2D eigenvalue weighted by Gasteiger charge is -2.19. The van der Waals surface area contributed by atoms with Gasteiger partial charge in [-0.15, -0.1) is 0 Å². The molecule has 2 rings (SSSR count). The van der Waals surface area contributed by atoms with Crippen molar-refractivity contribution in [2.45, 2.75) is 26.0 Å². The van der Waals surface area contributed by atoms with Crippen molar-refractivity contribution >= 4 is 21.8 Å². The predicted octanol–water partition coefficient (Wildman–Crippen LogP) is 4.10. The van der Waals surface area contributed by atoms with Gasteiger partial charge in [-0.2, -0.15) is 0 Å². The highest BCUT2D eigenvalue weighted by atomic mass is 79.9. The molecule has 2 aromatic rings. The fraction of sp³-hybridized carbons (Fsp3) is 0.278. The molecule has 23 heavy (non-hydrogen) atoms. The highest BCUT2D eigenvalue weighted by Crippen LogP contribution is 2.19. The standard InChI is InChI=1S/C18H20BrNO3/c1-12(14-4-8-16(22-3)9-5-14)20-18(21)13(2)23-17-10-6-15(19)7-11-17/h4-13H,1-3H3,(H,20,21)/t12-,13-/m1/s1. The number of hydrogen-bond acceptors (Lipinski definition) is 3. The van der Waals surface area contributed by atoms with Crippen LogP contribution in [0.2, 0.25) is 0 Å². The summed E-state index contributed by atoms with van der Waals surface area (Å²) in [6.45, 7) is 3.67. The molecule has 0 aliphatic heterocycles. The first-order valence-electron chi connectivity index (χ1n) is 7.36. The second-order valence-electron chi connectivity index (χ2n) is 5.22. The van der Waals surface area contributed by atoms with E-state index in [0.717, 1.165) is 15.8 Å². The van der Waals surface area contributed by atoms with Crippen LogP contribution in [0.25, 0.3) is 0 Å². The third-order valence-electron chi connectivity index (χ3n) is 3.47. The van der Waals surface area contributed by atoms with E-state index in [1.807, 2.05) is 55.5 Å². The molecule has 0 spiro atoms. The Morgan fingerprint density at radius 3 is 2.13 bits per heavy atom. The van der Waals surface area contributed by atoms with Crippen LogP contribution in [0, 0.1) is 0 Å². The van der Waals surface area contributed by atoms with Gasteiger partial charge >= 0.3 is 0 Å². The first-order chi connectivity index (χ1) is 11.0. The van der Waals surface area contributed by atoms with E-state index in [9.17, 15) is 4.79 Å². The molecule has 2 atom stereocenters. The van der Waals surface area contributed by atoms with Crippen LogP contribution in [0.3, 0.4) is 0 Å². The van der Waals surface area contributed by atoms with E-state index in [1.165, 1.54) is 0 Å². The Hall–Kier alpha value is -2.01. The molecule has 0 aliphatic carbocycles. The minimum absolute atomic E-state index is 0.107. The van der Waals surface area contributed by atoms with Gasteiger partial charge in [0.05, 0.1) is 13.2 Å². The summed E-state index contributed by atoms with van der Waals surface area (Å²) < 4.78 is 11.8. The number of methoxy groups -OCH3 is 1. The van der Waals surface area contributed by atoms with Gasteiger partial charge in [-0.1, -0.05) is 28.1 Å². The van der Waals surface area contributed by atoms with Crippen molar-refractivity contribution in [2.75, 3.05) is 7.11 Å². The third kappa shape index (κ3) is 4.99. The maximum Gasteiger partial charge on any atom is 0.261 e. The maximum absolute atomic E-state index is 12.3. The molecule has 0 aromatic heterocycles. The van der Waals surface area contributed by atoms with E-state index in [0.29, 0.717) is 5.75 Å². The van der Waals surface area contributed by atoms with Crippen molar-refractivity contribution in [3.63, 3.8) is 0 Å². The molecule has 5 heteroatoms. The average Bonchev–Trinajstić information content (AvgIpc) is 2.56. The van der Waals surface area contributed by atoms with Crippen molar-refractivity contribution in [1.29, 1.82) is 0 Å². The Balaban J connectivity index is 1.92. The summed E-state index contributed by atoms with van der Waals surface area (Å²) >= 11 is 3.37. The van der Waals surface area contributed by atoms with Crippen molar-refractivity contribution in [3.05, 3.63) is 58.6 Å². The number of ether oxygens (including phenoxy) is 2. The van der Waals surface area contributed by atoms with Crippen LogP contribution >= 0.6 is 15.9 Å². The number of halogens is 1. The van der Waals surface area contributed by atoms with Gasteiger partial charge in [0, 0.05) is 4.47 Å². The fourth-order valence-electron chi connectivity index (χ4n) is 2.08. The number of benzene rings is 2. The van der Waals surface area contributed by atoms with E-state index < -0.39 is 6.10 Å². The van der Waals surface area contributed by atoms with Crippen LogP contribution < -0.4 is 14.8 Å². The van der Waals surface area contributed by atoms with Crippen LogP contribution in [0.5, 0.6) is 11.5 Å². The lowest BCUT2D eigenvalue weighted by atomic mass is 10.1. The van der Waals surface area contributed by atoms with E-state index in [4.69, 9.17) is 9.47 Å². The van der Waals surface area contributed by atoms with Gasteiger partial charge in [0.2, 0.25) is 0 Å². The number of hydrogen-bond donors (Lipinski definition) is 1. The van der Waals surface area contributed by atoms with Crippen molar-refractivity contribution < 1.29 is 14.3 Å². The smallest absolute Gasteiger partial charge is 0.261 e. The molecule has 0 fully saturated rings. The van der Waals surface area contributed by atoms with Gasteiger partial charge < -0.3 is 14.8 Å². The van der Waals surface area contributed by atoms with Gasteiger partial charge in [-0.05, 0) is 55.8 Å². The highest BCUT2D eigenvalue weighted by Gasteiger charge is 2.17. The summed E-state index contributed by atoms with van der Waals surface area (Å²) in [6, 6.07) is 14.9. The van der Waals surface area contributed by atoms with Gasteiger partial charge in [0.1, 0.15) is 11.5 Å². The number of carbonyl (C=O) groups excluding carboxylic acids is 1. The largest absolute Gasteiger partial charge is 0.497 e. The Bertz CT molecular complexity index is 640. The average molecular weight is 378 g/mol. The molecular formula is C18H20BrNO3. The second kappa shape index (κ2) is 8.02. The van der Waals surface area contributed by atoms with E-state index >= 15 is 0 Å². The van der Waals surface area contributed by atoms with Crippen molar-refractivity contribution in [2.24, 2.45) is 0 Å². The number of carbonyl (C=O) groups is 1. The molecule has 2 aromatic carbocycles. The Labute approximate surface area is 144 Å². The summed E-state index contributed by atoms with van der Waals surface area (Å²) in [7, 11) is 1.63. The van der Waals surface area contributed by atoms with Crippen LogP contribution in [0.1, 0.15) is 25.5 Å². The molecule has 0 heterocycles. The van der Waals surface area contributed by atoms with Crippen LogP contribution in [-0.2, 0) is 4.79 Å². The van der Waals surface area contributed by atoms with E-state index in [2.05, 4.69) is 21.2 Å². The zero-order valence-electron chi connectivity index (χ0n) is 13.4. The zero-order valence-corrected chi connectivity index (χ0v) is 15.0. The molecule has 4 nitrogen and oxygen atoms in total.